The second-order valence-corrected chi connectivity index (χ2v) is 2.09. The maximum Gasteiger partial charge on any atom is 0.101 e. The third-order valence-electron chi connectivity index (χ3n) is 1.58. The normalized spacial score (nSPS) is 25.6. The van der Waals surface area contributed by atoms with Gasteiger partial charge < -0.3 is 0 Å². The van der Waals surface area contributed by atoms with Crippen LogP contribution in [0.2, 0.25) is 0 Å². The van der Waals surface area contributed by atoms with E-state index in [1.165, 1.54) is 0 Å². The minimum atomic E-state index is 0.440. The predicted molar refractivity (Wildman–Crippen MR) is 38.3 cm³/mol. The van der Waals surface area contributed by atoms with Gasteiger partial charge in [-0.25, -0.2) is 0 Å². The maximum absolute atomic E-state index is 4.15. The van der Waals surface area contributed by atoms with E-state index in [0.29, 0.717) is 6.17 Å². The lowest BCUT2D eigenvalue weighted by molar-refractivity contribution is 0.217. The fraction of sp³-hybridized carbons (Fsp3) is 0.833. The first-order valence-electron chi connectivity index (χ1n) is 3.34. The van der Waals surface area contributed by atoms with Gasteiger partial charge in [0.05, 0.1) is 0 Å². The van der Waals surface area contributed by atoms with Crippen LogP contribution in [0, 0.1) is 0 Å². The fourth-order valence-corrected chi connectivity index (χ4v) is 1.02. The third kappa shape index (κ3) is 1.21. The summed E-state index contributed by atoms with van der Waals surface area (Å²) in [5.41, 5.74) is 0. The molecular weight excluding hydrogens is 114 g/mol. The summed E-state index contributed by atoms with van der Waals surface area (Å²) < 4.78 is 0. The van der Waals surface area contributed by atoms with Crippen LogP contribution < -0.4 is 5.32 Å². The average molecular weight is 127 g/mol. The first kappa shape index (κ1) is 6.55. The van der Waals surface area contributed by atoms with E-state index >= 15 is 0 Å². The van der Waals surface area contributed by atoms with E-state index in [9.17, 15) is 0 Å². The molecular formula is C6H13N3. The van der Waals surface area contributed by atoms with E-state index in [1.54, 1.807) is 0 Å². The molecule has 0 saturated heterocycles. The van der Waals surface area contributed by atoms with Gasteiger partial charge in [-0.3, -0.25) is 10.3 Å². The smallest absolute Gasteiger partial charge is 0.101 e. The molecule has 3 nitrogen and oxygen atoms in total. The number of nitrogens with one attached hydrogen (secondary N) is 1. The Hall–Kier alpha value is -0.570. The molecule has 1 unspecified atom stereocenters. The lowest BCUT2D eigenvalue weighted by Crippen LogP contribution is -2.37. The van der Waals surface area contributed by atoms with Crippen molar-refractivity contribution in [1.82, 2.24) is 10.3 Å². The minimum absolute atomic E-state index is 0.440. The average Bonchev–Trinajstić information content (AvgIpc) is 2.33. The van der Waals surface area contributed by atoms with Crippen LogP contribution >= 0.6 is 0 Å². The highest BCUT2D eigenvalue weighted by atomic mass is 15.5. The van der Waals surface area contributed by atoms with Gasteiger partial charge in [0.25, 0.3) is 0 Å². The SMILES string of the molecule is CCN1N=CCC1NC. The molecule has 0 aliphatic carbocycles. The number of hydrogen-bond donors (Lipinski definition) is 1. The van der Waals surface area contributed by atoms with Crippen molar-refractivity contribution in [2.24, 2.45) is 5.10 Å². The summed E-state index contributed by atoms with van der Waals surface area (Å²) in [6.45, 7) is 3.09. The van der Waals surface area contributed by atoms with Crippen molar-refractivity contribution in [1.29, 1.82) is 0 Å². The summed E-state index contributed by atoms with van der Waals surface area (Å²) in [6, 6.07) is 0. The molecule has 0 fully saturated rings. The van der Waals surface area contributed by atoms with Crippen LogP contribution in [0.5, 0.6) is 0 Å². The molecule has 0 aromatic carbocycles. The number of nitrogens with zero attached hydrogens (tertiary/aromatic N) is 2. The molecule has 0 bridgehead atoms. The van der Waals surface area contributed by atoms with Crippen LogP contribution in [0.3, 0.4) is 0 Å². The Morgan fingerprint density at radius 1 is 1.89 bits per heavy atom. The van der Waals surface area contributed by atoms with Crippen molar-refractivity contribution in [2.75, 3.05) is 13.6 Å². The molecule has 0 amide bonds. The van der Waals surface area contributed by atoms with E-state index in [4.69, 9.17) is 0 Å². The Balaban J connectivity index is 2.39. The second kappa shape index (κ2) is 2.82. The molecule has 1 atom stereocenters. The van der Waals surface area contributed by atoms with Crippen LogP contribution in [0.4, 0.5) is 0 Å². The van der Waals surface area contributed by atoms with Crippen LogP contribution in [0.1, 0.15) is 13.3 Å². The molecule has 1 aliphatic heterocycles. The van der Waals surface area contributed by atoms with Crippen LogP contribution in [0.15, 0.2) is 5.10 Å². The van der Waals surface area contributed by atoms with Gasteiger partial charge >= 0.3 is 0 Å². The van der Waals surface area contributed by atoms with Crippen molar-refractivity contribution in [2.45, 2.75) is 19.5 Å². The maximum atomic E-state index is 4.15. The predicted octanol–water partition coefficient (Wildman–Crippen LogP) is 0.243. The molecule has 0 spiro atoms. The molecule has 52 valence electrons. The van der Waals surface area contributed by atoms with Gasteiger partial charge in [0.15, 0.2) is 0 Å². The van der Waals surface area contributed by atoms with Crippen molar-refractivity contribution < 1.29 is 0 Å². The van der Waals surface area contributed by atoms with Crippen molar-refractivity contribution >= 4 is 6.21 Å². The lowest BCUT2D eigenvalue weighted by atomic mass is 10.4. The number of hydrazone groups is 1. The van der Waals surface area contributed by atoms with E-state index in [2.05, 4.69) is 17.3 Å². The van der Waals surface area contributed by atoms with Crippen molar-refractivity contribution in [3.8, 4) is 0 Å². The molecule has 1 heterocycles. The van der Waals surface area contributed by atoms with E-state index < -0.39 is 0 Å². The molecule has 1 rings (SSSR count). The summed E-state index contributed by atoms with van der Waals surface area (Å²) >= 11 is 0. The van der Waals surface area contributed by atoms with Gasteiger partial charge in [-0.05, 0) is 14.0 Å². The van der Waals surface area contributed by atoms with Gasteiger partial charge in [0.2, 0.25) is 0 Å². The second-order valence-electron chi connectivity index (χ2n) is 2.09. The standard InChI is InChI=1S/C6H13N3/c1-3-9-6(7-2)4-5-8-9/h5-7H,3-4H2,1-2H3. The Kier molecular flexibility index (Phi) is 2.05. The molecule has 0 aromatic heterocycles. The molecule has 3 heteroatoms. The zero-order chi connectivity index (χ0) is 6.69. The van der Waals surface area contributed by atoms with E-state index in [1.807, 2.05) is 18.3 Å². The van der Waals surface area contributed by atoms with E-state index in [0.717, 1.165) is 13.0 Å². The third-order valence-corrected chi connectivity index (χ3v) is 1.58. The monoisotopic (exact) mass is 127 g/mol. The minimum Gasteiger partial charge on any atom is -0.299 e. The summed E-state index contributed by atoms with van der Waals surface area (Å²) in [5, 5.41) is 9.36. The Bertz CT molecular complexity index is 111. The van der Waals surface area contributed by atoms with Gasteiger partial charge in [0.1, 0.15) is 6.17 Å². The highest BCUT2D eigenvalue weighted by Crippen LogP contribution is 2.05. The Morgan fingerprint density at radius 3 is 3.11 bits per heavy atom. The van der Waals surface area contributed by atoms with Crippen LogP contribution in [-0.2, 0) is 0 Å². The molecule has 0 saturated carbocycles. The highest BCUT2D eigenvalue weighted by molar-refractivity contribution is 5.59. The Labute approximate surface area is 55.7 Å². The van der Waals surface area contributed by atoms with Gasteiger partial charge in [0, 0.05) is 19.2 Å². The zero-order valence-corrected chi connectivity index (χ0v) is 5.96. The van der Waals surface area contributed by atoms with E-state index in [-0.39, 0.29) is 0 Å². The summed E-state index contributed by atoms with van der Waals surface area (Å²) in [7, 11) is 1.96. The van der Waals surface area contributed by atoms with Crippen molar-refractivity contribution in [3.63, 3.8) is 0 Å². The van der Waals surface area contributed by atoms with Crippen LogP contribution in [0.25, 0.3) is 0 Å². The van der Waals surface area contributed by atoms with Crippen LogP contribution in [-0.4, -0.2) is 31.0 Å². The topological polar surface area (TPSA) is 27.6 Å². The first-order chi connectivity index (χ1) is 4.38. The first-order valence-corrected chi connectivity index (χ1v) is 3.34. The number of rotatable bonds is 2. The van der Waals surface area contributed by atoms with Gasteiger partial charge in [-0.15, -0.1) is 0 Å². The quantitative estimate of drug-likeness (QED) is 0.575. The summed E-state index contributed by atoms with van der Waals surface area (Å²) in [4.78, 5) is 0. The molecule has 1 aliphatic rings. The lowest BCUT2D eigenvalue weighted by Gasteiger charge is -2.20. The fourth-order valence-electron chi connectivity index (χ4n) is 1.02. The summed E-state index contributed by atoms with van der Waals surface area (Å²) in [5.74, 6) is 0. The largest absolute Gasteiger partial charge is 0.299 e. The van der Waals surface area contributed by atoms with Gasteiger partial charge in [-0.1, -0.05) is 0 Å². The number of hydrogen-bond acceptors (Lipinski definition) is 3. The summed E-state index contributed by atoms with van der Waals surface area (Å²) in [6.07, 6.45) is 3.42. The van der Waals surface area contributed by atoms with Crippen molar-refractivity contribution in [3.05, 3.63) is 0 Å². The molecule has 1 N–H and O–H groups in total. The van der Waals surface area contributed by atoms with Gasteiger partial charge in [-0.2, -0.15) is 5.10 Å². The molecule has 9 heavy (non-hydrogen) atoms. The molecule has 0 aromatic rings. The highest BCUT2D eigenvalue weighted by Gasteiger charge is 2.15. The zero-order valence-electron chi connectivity index (χ0n) is 5.96. The Morgan fingerprint density at radius 2 is 2.67 bits per heavy atom. The molecule has 0 radical (unpaired) electrons.